The van der Waals surface area contributed by atoms with Gasteiger partial charge in [-0.3, -0.25) is 5.32 Å². The molecule has 0 radical (unpaired) electrons. The fourth-order valence-electron chi connectivity index (χ4n) is 3.20. The van der Waals surface area contributed by atoms with Crippen molar-refractivity contribution in [1.82, 2.24) is 5.32 Å². The average molecular weight is 197 g/mol. The molecule has 2 heteroatoms. The van der Waals surface area contributed by atoms with Crippen molar-refractivity contribution < 1.29 is 5.11 Å². The van der Waals surface area contributed by atoms with Gasteiger partial charge in [0.15, 0.2) is 0 Å². The van der Waals surface area contributed by atoms with Gasteiger partial charge < -0.3 is 5.11 Å². The van der Waals surface area contributed by atoms with Gasteiger partial charge in [-0.1, -0.05) is 26.2 Å². The van der Waals surface area contributed by atoms with E-state index in [4.69, 9.17) is 0 Å². The Morgan fingerprint density at radius 3 is 2.57 bits per heavy atom. The quantitative estimate of drug-likeness (QED) is 0.712. The molecule has 1 saturated heterocycles. The van der Waals surface area contributed by atoms with Crippen molar-refractivity contribution >= 4 is 0 Å². The smallest absolute Gasteiger partial charge is 0.107 e. The Bertz CT molecular complexity index is 187. The number of aliphatic hydroxyl groups excluding tert-OH is 1. The van der Waals surface area contributed by atoms with Crippen LogP contribution in [0.4, 0.5) is 0 Å². The van der Waals surface area contributed by atoms with Crippen LogP contribution in [0.15, 0.2) is 0 Å². The zero-order valence-corrected chi connectivity index (χ0v) is 9.26. The van der Waals surface area contributed by atoms with Crippen molar-refractivity contribution in [3.63, 3.8) is 0 Å². The molecule has 2 aliphatic rings. The first-order valence-electron chi connectivity index (χ1n) is 6.11. The Morgan fingerprint density at radius 2 is 2.00 bits per heavy atom. The molecular formula is C12H23NO. The molecule has 0 aromatic heterocycles. The van der Waals surface area contributed by atoms with Crippen LogP contribution in [-0.4, -0.2) is 17.9 Å². The molecule has 2 atom stereocenters. The number of hydrogen-bond donors (Lipinski definition) is 2. The van der Waals surface area contributed by atoms with Gasteiger partial charge in [-0.2, -0.15) is 0 Å². The van der Waals surface area contributed by atoms with Gasteiger partial charge in [-0.15, -0.1) is 0 Å². The molecular weight excluding hydrogens is 174 g/mol. The van der Waals surface area contributed by atoms with E-state index in [9.17, 15) is 5.11 Å². The summed E-state index contributed by atoms with van der Waals surface area (Å²) in [6.45, 7) is 3.42. The van der Waals surface area contributed by atoms with Crippen LogP contribution in [0.3, 0.4) is 0 Å². The lowest BCUT2D eigenvalue weighted by molar-refractivity contribution is 0.0681. The van der Waals surface area contributed by atoms with Gasteiger partial charge >= 0.3 is 0 Å². The van der Waals surface area contributed by atoms with Crippen molar-refractivity contribution in [3.8, 4) is 0 Å². The lowest BCUT2D eigenvalue weighted by Crippen LogP contribution is -2.31. The van der Waals surface area contributed by atoms with Crippen LogP contribution in [0.25, 0.3) is 0 Å². The van der Waals surface area contributed by atoms with E-state index in [1.807, 2.05) is 0 Å². The molecule has 1 aliphatic carbocycles. The number of rotatable bonds is 2. The van der Waals surface area contributed by atoms with E-state index in [2.05, 4.69) is 12.2 Å². The van der Waals surface area contributed by atoms with Crippen molar-refractivity contribution in [2.24, 2.45) is 11.3 Å². The molecule has 0 aromatic rings. The maximum absolute atomic E-state index is 9.72. The maximum Gasteiger partial charge on any atom is 0.107 e. The molecule has 2 N–H and O–H groups in total. The summed E-state index contributed by atoms with van der Waals surface area (Å²) in [4.78, 5) is 0. The van der Waals surface area contributed by atoms with Crippen LogP contribution in [0, 0.1) is 11.3 Å². The SMILES string of the molecule is CC1(CC2CCNC2O)CCCCC1. The number of aliphatic hydroxyl groups is 1. The molecule has 14 heavy (non-hydrogen) atoms. The third kappa shape index (κ3) is 2.29. The monoisotopic (exact) mass is 197 g/mol. The standard InChI is InChI=1S/C12H23NO/c1-12(6-3-2-4-7-12)9-10-5-8-13-11(10)14/h10-11,13-14H,2-9H2,1H3. The van der Waals surface area contributed by atoms with Gasteiger partial charge in [0.05, 0.1) is 0 Å². The first-order chi connectivity index (χ1) is 6.70. The van der Waals surface area contributed by atoms with Gasteiger partial charge in [0.25, 0.3) is 0 Å². The molecule has 2 fully saturated rings. The van der Waals surface area contributed by atoms with Crippen molar-refractivity contribution in [3.05, 3.63) is 0 Å². The number of nitrogens with one attached hydrogen (secondary N) is 1. The van der Waals surface area contributed by atoms with E-state index in [1.54, 1.807) is 0 Å². The van der Waals surface area contributed by atoms with E-state index < -0.39 is 0 Å². The molecule has 1 aliphatic heterocycles. The summed E-state index contributed by atoms with van der Waals surface area (Å²) in [6.07, 6.45) is 9.11. The highest BCUT2D eigenvalue weighted by molar-refractivity contribution is 4.85. The minimum absolute atomic E-state index is 0.228. The first kappa shape index (κ1) is 10.4. The molecule has 2 nitrogen and oxygen atoms in total. The number of hydrogen-bond acceptors (Lipinski definition) is 2. The Kier molecular flexibility index (Phi) is 3.13. The zero-order chi connectivity index (χ0) is 10.0. The van der Waals surface area contributed by atoms with Crippen molar-refractivity contribution in [1.29, 1.82) is 0 Å². The second-order valence-electron chi connectivity index (χ2n) is 5.52. The molecule has 82 valence electrons. The van der Waals surface area contributed by atoms with Crippen LogP contribution in [0.2, 0.25) is 0 Å². The third-order valence-corrected chi connectivity index (χ3v) is 4.13. The Balaban J connectivity index is 1.88. The summed E-state index contributed by atoms with van der Waals surface area (Å²) in [6, 6.07) is 0. The largest absolute Gasteiger partial charge is 0.378 e. The zero-order valence-electron chi connectivity index (χ0n) is 9.26. The summed E-state index contributed by atoms with van der Waals surface area (Å²) >= 11 is 0. The van der Waals surface area contributed by atoms with E-state index >= 15 is 0 Å². The van der Waals surface area contributed by atoms with Crippen molar-refractivity contribution in [2.75, 3.05) is 6.54 Å². The van der Waals surface area contributed by atoms with Crippen LogP contribution in [0.5, 0.6) is 0 Å². The van der Waals surface area contributed by atoms with E-state index in [-0.39, 0.29) is 6.23 Å². The van der Waals surface area contributed by atoms with Gasteiger partial charge in [0, 0.05) is 0 Å². The van der Waals surface area contributed by atoms with E-state index in [0.717, 1.165) is 13.0 Å². The molecule has 0 spiro atoms. The molecule has 2 unspecified atom stereocenters. The van der Waals surface area contributed by atoms with Crippen LogP contribution >= 0.6 is 0 Å². The molecule has 1 saturated carbocycles. The summed E-state index contributed by atoms with van der Waals surface area (Å²) in [5, 5.41) is 12.9. The fraction of sp³-hybridized carbons (Fsp3) is 1.00. The average Bonchev–Trinajstić information content (AvgIpc) is 2.52. The predicted molar refractivity (Wildman–Crippen MR) is 57.9 cm³/mol. The van der Waals surface area contributed by atoms with Crippen LogP contribution in [0.1, 0.15) is 51.9 Å². The second kappa shape index (κ2) is 4.19. The highest BCUT2D eigenvalue weighted by Gasteiger charge is 2.34. The molecule has 0 aromatic carbocycles. The highest BCUT2D eigenvalue weighted by Crippen LogP contribution is 2.42. The third-order valence-electron chi connectivity index (χ3n) is 4.13. The van der Waals surface area contributed by atoms with Crippen LogP contribution in [-0.2, 0) is 0 Å². The lowest BCUT2D eigenvalue weighted by Gasteiger charge is -2.36. The Morgan fingerprint density at radius 1 is 1.29 bits per heavy atom. The molecule has 1 heterocycles. The fourth-order valence-corrected chi connectivity index (χ4v) is 3.20. The summed E-state index contributed by atoms with van der Waals surface area (Å²) in [7, 11) is 0. The van der Waals surface area contributed by atoms with E-state index in [0.29, 0.717) is 11.3 Å². The minimum Gasteiger partial charge on any atom is -0.378 e. The molecule has 0 amide bonds. The summed E-state index contributed by atoms with van der Waals surface area (Å²) in [5.74, 6) is 0.512. The summed E-state index contributed by atoms with van der Waals surface area (Å²) in [5.41, 5.74) is 0.524. The van der Waals surface area contributed by atoms with Crippen LogP contribution < -0.4 is 5.32 Å². The first-order valence-corrected chi connectivity index (χ1v) is 6.11. The second-order valence-corrected chi connectivity index (χ2v) is 5.52. The molecule has 0 bridgehead atoms. The predicted octanol–water partition coefficient (Wildman–Crippen LogP) is 2.27. The van der Waals surface area contributed by atoms with Gasteiger partial charge in [0.2, 0.25) is 0 Å². The minimum atomic E-state index is -0.228. The molecule has 2 rings (SSSR count). The van der Waals surface area contributed by atoms with E-state index in [1.165, 1.54) is 38.5 Å². The lowest BCUT2D eigenvalue weighted by atomic mass is 9.70. The maximum atomic E-state index is 9.72. The highest BCUT2D eigenvalue weighted by atomic mass is 16.3. The van der Waals surface area contributed by atoms with Gasteiger partial charge in [-0.25, -0.2) is 0 Å². The summed E-state index contributed by atoms with van der Waals surface area (Å²) < 4.78 is 0. The Labute approximate surface area is 87.1 Å². The van der Waals surface area contributed by atoms with Crippen molar-refractivity contribution in [2.45, 2.75) is 58.1 Å². The van der Waals surface area contributed by atoms with Gasteiger partial charge in [-0.05, 0) is 43.6 Å². The normalized spacial score (nSPS) is 37.3. The topological polar surface area (TPSA) is 32.3 Å². The van der Waals surface area contributed by atoms with Gasteiger partial charge in [0.1, 0.15) is 6.23 Å². The Hall–Kier alpha value is -0.0800.